The third-order valence-electron chi connectivity index (χ3n) is 2.06. The normalized spacial score (nSPS) is 11.8. The van der Waals surface area contributed by atoms with E-state index in [-0.39, 0.29) is 5.54 Å². The molecule has 0 aliphatic heterocycles. The minimum Gasteiger partial charge on any atom is -0.308 e. The summed E-state index contributed by atoms with van der Waals surface area (Å²) in [5.41, 5.74) is 1.41. The second-order valence-electron chi connectivity index (χ2n) is 4.54. The first-order chi connectivity index (χ1) is 6.94. The van der Waals surface area contributed by atoms with Crippen molar-refractivity contribution in [1.29, 1.82) is 0 Å². The molecule has 0 heterocycles. The maximum Gasteiger partial charge on any atom is 0.0545 e. The van der Waals surface area contributed by atoms with E-state index in [1.807, 2.05) is 12.1 Å². The zero-order valence-electron chi connectivity index (χ0n) is 9.73. The predicted octanol–water partition coefficient (Wildman–Crippen LogP) is 3.95. The molecule has 1 N–H and O–H groups in total. The molecule has 1 nitrogen and oxygen atoms in total. The van der Waals surface area contributed by atoms with Gasteiger partial charge in [0.1, 0.15) is 0 Å². The van der Waals surface area contributed by atoms with Crippen LogP contribution in [0.3, 0.4) is 0 Å². The van der Waals surface area contributed by atoms with Crippen molar-refractivity contribution < 1.29 is 0 Å². The Morgan fingerprint density at radius 2 is 2.00 bits per heavy atom. The molecule has 0 fully saturated rings. The molecule has 1 aromatic rings. The van der Waals surface area contributed by atoms with Crippen molar-refractivity contribution in [2.75, 3.05) is 6.26 Å². The maximum absolute atomic E-state index is 6.13. The highest BCUT2D eigenvalue weighted by Gasteiger charge is 2.11. The van der Waals surface area contributed by atoms with Crippen LogP contribution >= 0.6 is 23.4 Å². The third kappa shape index (κ3) is 4.06. The van der Waals surface area contributed by atoms with Gasteiger partial charge in [0, 0.05) is 17.0 Å². The standard InChI is InChI=1S/C12H18ClNS/c1-12(2,3)14-8-9-6-5-7-10(13)11(9)15-4/h5-7,14H,8H2,1-4H3. The van der Waals surface area contributed by atoms with E-state index in [1.54, 1.807) is 11.8 Å². The Morgan fingerprint density at radius 3 is 2.53 bits per heavy atom. The summed E-state index contributed by atoms with van der Waals surface area (Å²) in [4.78, 5) is 1.18. The highest BCUT2D eigenvalue weighted by molar-refractivity contribution is 7.98. The molecule has 0 aliphatic rings. The molecule has 15 heavy (non-hydrogen) atoms. The Labute approximate surface area is 102 Å². The zero-order valence-corrected chi connectivity index (χ0v) is 11.3. The molecule has 0 radical (unpaired) electrons. The minimum absolute atomic E-state index is 0.137. The largest absolute Gasteiger partial charge is 0.308 e. The van der Waals surface area contributed by atoms with Gasteiger partial charge < -0.3 is 5.32 Å². The number of nitrogens with one attached hydrogen (secondary N) is 1. The summed E-state index contributed by atoms with van der Waals surface area (Å²) in [6, 6.07) is 6.06. The molecule has 0 aromatic heterocycles. The summed E-state index contributed by atoms with van der Waals surface area (Å²) < 4.78 is 0. The maximum atomic E-state index is 6.13. The lowest BCUT2D eigenvalue weighted by molar-refractivity contribution is 0.422. The lowest BCUT2D eigenvalue weighted by Gasteiger charge is -2.21. The number of hydrogen-bond donors (Lipinski definition) is 1. The second-order valence-corrected chi connectivity index (χ2v) is 5.76. The van der Waals surface area contributed by atoms with Crippen molar-refractivity contribution in [1.82, 2.24) is 5.32 Å². The van der Waals surface area contributed by atoms with Crippen LogP contribution in [0.1, 0.15) is 26.3 Å². The van der Waals surface area contributed by atoms with Crippen LogP contribution in [0.2, 0.25) is 5.02 Å². The van der Waals surface area contributed by atoms with E-state index in [4.69, 9.17) is 11.6 Å². The van der Waals surface area contributed by atoms with E-state index in [0.29, 0.717) is 0 Å². The molecule has 0 unspecified atom stereocenters. The van der Waals surface area contributed by atoms with E-state index in [2.05, 4.69) is 38.4 Å². The van der Waals surface area contributed by atoms with Crippen LogP contribution in [0.5, 0.6) is 0 Å². The molecule has 0 aliphatic carbocycles. The summed E-state index contributed by atoms with van der Waals surface area (Å²) in [6.07, 6.45) is 2.06. The molecular formula is C12H18ClNS. The number of rotatable bonds is 3. The quantitative estimate of drug-likeness (QED) is 0.807. The minimum atomic E-state index is 0.137. The number of halogens is 1. The summed E-state index contributed by atoms with van der Waals surface area (Å²) in [6.45, 7) is 7.35. The van der Waals surface area contributed by atoms with Crippen molar-refractivity contribution in [3.63, 3.8) is 0 Å². The molecule has 3 heteroatoms. The second kappa shape index (κ2) is 5.24. The molecule has 0 amide bonds. The fraction of sp³-hybridized carbons (Fsp3) is 0.500. The van der Waals surface area contributed by atoms with Crippen LogP contribution in [0.4, 0.5) is 0 Å². The third-order valence-corrected chi connectivity index (χ3v) is 3.38. The average molecular weight is 244 g/mol. The first-order valence-corrected chi connectivity index (χ1v) is 6.61. The Kier molecular flexibility index (Phi) is 4.50. The smallest absolute Gasteiger partial charge is 0.0545 e. The van der Waals surface area contributed by atoms with Crippen LogP contribution < -0.4 is 5.32 Å². The van der Waals surface area contributed by atoms with Crippen LogP contribution in [-0.2, 0) is 6.54 Å². The molecule has 0 bridgehead atoms. The zero-order chi connectivity index (χ0) is 11.5. The van der Waals surface area contributed by atoms with Gasteiger partial charge in [0.05, 0.1) is 5.02 Å². The fourth-order valence-electron chi connectivity index (χ4n) is 1.28. The first-order valence-electron chi connectivity index (χ1n) is 5.00. The summed E-state index contributed by atoms with van der Waals surface area (Å²) >= 11 is 7.83. The van der Waals surface area contributed by atoms with Gasteiger partial charge in [-0.05, 0) is 38.7 Å². The van der Waals surface area contributed by atoms with Gasteiger partial charge in [-0.1, -0.05) is 23.7 Å². The number of thioether (sulfide) groups is 1. The fourth-order valence-corrected chi connectivity index (χ4v) is 2.37. The lowest BCUT2D eigenvalue weighted by atomic mass is 10.1. The molecule has 1 aromatic carbocycles. The predicted molar refractivity (Wildman–Crippen MR) is 69.8 cm³/mol. The van der Waals surface area contributed by atoms with Gasteiger partial charge in [-0.3, -0.25) is 0 Å². The van der Waals surface area contributed by atoms with Crippen molar-refractivity contribution in [2.24, 2.45) is 0 Å². The van der Waals surface area contributed by atoms with Gasteiger partial charge >= 0.3 is 0 Å². The van der Waals surface area contributed by atoms with Gasteiger partial charge in [0.2, 0.25) is 0 Å². The molecule has 0 atom stereocenters. The van der Waals surface area contributed by atoms with E-state index >= 15 is 0 Å². The molecule has 0 spiro atoms. The van der Waals surface area contributed by atoms with Gasteiger partial charge in [-0.2, -0.15) is 0 Å². The van der Waals surface area contributed by atoms with E-state index in [0.717, 1.165) is 11.6 Å². The van der Waals surface area contributed by atoms with Gasteiger partial charge in [0.15, 0.2) is 0 Å². The molecule has 0 saturated heterocycles. The summed E-state index contributed by atoms with van der Waals surface area (Å²) in [7, 11) is 0. The van der Waals surface area contributed by atoms with Crippen molar-refractivity contribution in [3.05, 3.63) is 28.8 Å². The number of hydrogen-bond acceptors (Lipinski definition) is 2. The SMILES string of the molecule is CSc1c(Cl)cccc1CNC(C)(C)C. The molecule has 84 valence electrons. The number of benzene rings is 1. The lowest BCUT2D eigenvalue weighted by Crippen LogP contribution is -2.35. The molecule has 0 saturated carbocycles. The Hall–Kier alpha value is -0.180. The average Bonchev–Trinajstić information content (AvgIpc) is 2.13. The topological polar surface area (TPSA) is 12.0 Å². The Balaban J connectivity index is 2.81. The summed E-state index contributed by atoms with van der Waals surface area (Å²) in [5, 5.41) is 4.31. The van der Waals surface area contributed by atoms with Crippen molar-refractivity contribution in [3.8, 4) is 0 Å². The highest BCUT2D eigenvalue weighted by Crippen LogP contribution is 2.29. The Bertz CT molecular complexity index is 331. The van der Waals surface area contributed by atoms with E-state index < -0.39 is 0 Å². The molecule has 1 rings (SSSR count). The van der Waals surface area contributed by atoms with Gasteiger partial charge in [-0.15, -0.1) is 11.8 Å². The molecular weight excluding hydrogens is 226 g/mol. The van der Waals surface area contributed by atoms with E-state index in [1.165, 1.54) is 10.5 Å². The highest BCUT2D eigenvalue weighted by atomic mass is 35.5. The van der Waals surface area contributed by atoms with Crippen LogP contribution in [-0.4, -0.2) is 11.8 Å². The van der Waals surface area contributed by atoms with E-state index in [9.17, 15) is 0 Å². The van der Waals surface area contributed by atoms with Crippen LogP contribution in [0.15, 0.2) is 23.1 Å². The Morgan fingerprint density at radius 1 is 1.33 bits per heavy atom. The van der Waals surface area contributed by atoms with Crippen LogP contribution in [0, 0.1) is 0 Å². The van der Waals surface area contributed by atoms with Gasteiger partial charge in [-0.25, -0.2) is 0 Å². The van der Waals surface area contributed by atoms with Crippen LogP contribution in [0.25, 0.3) is 0 Å². The van der Waals surface area contributed by atoms with Crippen molar-refractivity contribution in [2.45, 2.75) is 37.8 Å². The van der Waals surface area contributed by atoms with Crippen molar-refractivity contribution >= 4 is 23.4 Å². The summed E-state index contributed by atoms with van der Waals surface area (Å²) in [5.74, 6) is 0. The van der Waals surface area contributed by atoms with Gasteiger partial charge in [0.25, 0.3) is 0 Å². The first kappa shape index (κ1) is 12.9. The monoisotopic (exact) mass is 243 g/mol.